The Bertz CT molecular complexity index is 727. The SMILES string of the molecule is CN=C(NCC1CN(CC(C)C)CCO1)NCC(C)(C)c1ccc2c(c1)OCCO2.I. The first kappa shape index (κ1) is 26.0. The molecule has 0 amide bonds. The van der Waals surface area contributed by atoms with E-state index in [1.54, 1.807) is 7.05 Å². The van der Waals surface area contributed by atoms with Crippen molar-refractivity contribution in [1.82, 2.24) is 15.5 Å². The van der Waals surface area contributed by atoms with Crippen molar-refractivity contribution in [3.63, 3.8) is 0 Å². The number of morpholine rings is 1. The molecule has 1 saturated heterocycles. The molecule has 1 aromatic carbocycles. The molecule has 1 fully saturated rings. The number of aliphatic imine (C=N–C) groups is 1. The molecule has 176 valence electrons. The zero-order valence-electron chi connectivity index (χ0n) is 19.6. The van der Waals surface area contributed by atoms with Gasteiger partial charge in [0.15, 0.2) is 17.5 Å². The van der Waals surface area contributed by atoms with Crippen LogP contribution in [0.2, 0.25) is 0 Å². The fourth-order valence-electron chi connectivity index (χ4n) is 3.89. The van der Waals surface area contributed by atoms with E-state index in [0.717, 1.165) is 56.8 Å². The van der Waals surface area contributed by atoms with Gasteiger partial charge in [0.25, 0.3) is 0 Å². The van der Waals surface area contributed by atoms with Gasteiger partial charge in [-0.25, -0.2) is 0 Å². The number of halogens is 1. The van der Waals surface area contributed by atoms with Crippen LogP contribution in [0, 0.1) is 5.92 Å². The molecule has 1 unspecified atom stereocenters. The average molecular weight is 546 g/mol. The standard InChI is InChI=1S/C23H38N4O3.HI/c1-17(2)14-27-8-9-28-19(15-27)13-25-22(24-5)26-16-23(3,4)18-6-7-20-21(12-18)30-11-10-29-20;/h6-7,12,17,19H,8-11,13-16H2,1-5H3,(H2,24,25,26);1H. The molecule has 2 N–H and O–H groups in total. The highest BCUT2D eigenvalue weighted by molar-refractivity contribution is 14.0. The lowest BCUT2D eigenvalue weighted by Gasteiger charge is -2.34. The molecule has 0 radical (unpaired) electrons. The molecule has 2 aliphatic rings. The molecule has 2 aliphatic heterocycles. The van der Waals surface area contributed by atoms with Crippen LogP contribution in [0.25, 0.3) is 0 Å². The number of rotatable bonds is 7. The summed E-state index contributed by atoms with van der Waals surface area (Å²) in [5.41, 5.74) is 1.11. The van der Waals surface area contributed by atoms with Gasteiger partial charge in [0.2, 0.25) is 0 Å². The Kier molecular flexibility index (Phi) is 10.2. The molecule has 8 heteroatoms. The van der Waals surface area contributed by atoms with Crippen molar-refractivity contribution in [2.75, 3.05) is 59.6 Å². The Morgan fingerprint density at radius 1 is 1.16 bits per heavy atom. The minimum atomic E-state index is -0.0944. The summed E-state index contributed by atoms with van der Waals surface area (Å²) in [6, 6.07) is 6.21. The van der Waals surface area contributed by atoms with Crippen molar-refractivity contribution in [2.24, 2.45) is 10.9 Å². The van der Waals surface area contributed by atoms with Crippen LogP contribution in [-0.2, 0) is 10.2 Å². The molecular formula is C23H39IN4O3. The van der Waals surface area contributed by atoms with Crippen LogP contribution >= 0.6 is 24.0 Å². The van der Waals surface area contributed by atoms with E-state index in [2.05, 4.69) is 60.4 Å². The van der Waals surface area contributed by atoms with Crippen LogP contribution in [0.15, 0.2) is 23.2 Å². The zero-order valence-corrected chi connectivity index (χ0v) is 21.9. The maximum Gasteiger partial charge on any atom is 0.191 e. The topological polar surface area (TPSA) is 67.4 Å². The van der Waals surface area contributed by atoms with Gasteiger partial charge in [-0.05, 0) is 23.6 Å². The summed E-state index contributed by atoms with van der Waals surface area (Å²) >= 11 is 0. The fourth-order valence-corrected chi connectivity index (χ4v) is 3.89. The lowest BCUT2D eigenvalue weighted by Crippen LogP contribution is -2.51. The van der Waals surface area contributed by atoms with Crippen molar-refractivity contribution in [3.05, 3.63) is 23.8 Å². The van der Waals surface area contributed by atoms with E-state index in [-0.39, 0.29) is 35.5 Å². The van der Waals surface area contributed by atoms with E-state index in [0.29, 0.717) is 19.1 Å². The van der Waals surface area contributed by atoms with E-state index < -0.39 is 0 Å². The van der Waals surface area contributed by atoms with Gasteiger partial charge in [-0.15, -0.1) is 24.0 Å². The maximum absolute atomic E-state index is 5.94. The molecule has 31 heavy (non-hydrogen) atoms. The third-order valence-corrected chi connectivity index (χ3v) is 5.59. The van der Waals surface area contributed by atoms with Gasteiger partial charge >= 0.3 is 0 Å². The van der Waals surface area contributed by atoms with Crippen molar-refractivity contribution in [2.45, 2.75) is 39.2 Å². The lowest BCUT2D eigenvalue weighted by molar-refractivity contribution is -0.0284. The number of hydrogen-bond donors (Lipinski definition) is 2. The van der Waals surface area contributed by atoms with Gasteiger partial charge in [0.1, 0.15) is 13.2 Å². The van der Waals surface area contributed by atoms with Crippen LogP contribution in [-0.4, -0.2) is 76.6 Å². The molecule has 2 heterocycles. The Labute approximate surface area is 204 Å². The van der Waals surface area contributed by atoms with Gasteiger partial charge in [-0.2, -0.15) is 0 Å². The van der Waals surface area contributed by atoms with Crippen LogP contribution in [0.4, 0.5) is 0 Å². The molecule has 0 bridgehead atoms. The average Bonchev–Trinajstić information content (AvgIpc) is 2.73. The van der Waals surface area contributed by atoms with Crippen LogP contribution in [0.5, 0.6) is 11.5 Å². The predicted octanol–water partition coefficient (Wildman–Crippen LogP) is 2.88. The van der Waals surface area contributed by atoms with Crippen molar-refractivity contribution in [3.8, 4) is 11.5 Å². The Morgan fingerprint density at radius 2 is 1.90 bits per heavy atom. The Balaban J connectivity index is 0.00000341. The lowest BCUT2D eigenvalue weighted by atomic mass is 9.84. The molecule has 0 aromatic heterocycles. The fraction of sp³-hybridized carbons (Fsp3) is 0.696. The smallest absolute Gasteiger partial charge is 0.191 e. The highest BCUT2D eigenvalue weighted by Gasteiger charge is 2.25. The molecule has 3 rings (SSSR count). The summed E-state index contributed by atoms with van der Waals surface area (Å²) in [6.45, 7) is 15.6. The predicted molar refractivity (Wildman–Crippen MR) is 136 cm³/mol. The third-order valence-electron chi connectivity index (χ3n) is 5.59. The Hall–Kier alpha value is -1.26. The molecule has 1 atom stereocenters. The first-order valence-electron chi connectivity index (χ1n) is 11.1. The van der Waals surface area contributed by atoms with Gasteiger partial charge in [-0.1, -0.05) is 33.8 Å². The minimum absolute atomic E-state index is 0. The second kappa shape index (κ2) is 12.1. The molecule has 0 spiro atoms. The van der Waals surface area contributed by atoms with Gasteiger partial charge < -0.3 is 24.8 Å². The monoisotopic (exact) mass is 546 g/mol. The molecule has 1 aromatic rings. The summed E-state index contributed by atoms with van der Waals surface area (Å²) in [7, 11) is 1.80. The summed E-state index contributed by atoms with van der Waals surface area (Å²) in [6.07, 6.45) is 0.182. The second-order valence-corrected chi connectivity index (χ2v) is 9.20. The number of ether oxygens (including phenoxy) is 3. The highest BCUT2D eigenvalue weighted by Crippen LogP contribution is 2.34. The van der Waals surface area contributed by atoms with Crippen LogP contribution < -0.4 is 20.1 Å². The summed E-state index contributed by atoms with van der Waals surface area (Å²) in [5.74, 6) is 3.12. The number of guanidine groups is 1. The highest BCUT2D eigenvalue weighted by atomic mass is 127. The van der Waals surface area contributed by atoms with Gasteiger partial charge in [-0.3, -0.25) is 9.89 Å². The maximum atomic E-state index is 5.94. The minimum Gasteiger partial charge on any atom is -0.486 e. The molecular weight excluding hydrogens is 507 g/mol. The number of benzene rings is 1. The van der Waals surface area contributed by atoms with Crippen molar-refractivity contribution < 1.29 is 14.2 Å². The summed E-state index contributed by atoms with van der Waals surface area (Å²) < 4.78 is 17.3. The number of fused-ring (bicyclic) bond motifs is 1. The van der Waals surface area contributed by atoms with E-state index in [4.69, 9.17) is 14.2 Å². The quantitative estimate of drug-likeness (QED) is 0.312. The normalized spacial score (nSPS) is 19.7. The largest absolute Gasteiger partial charge is 0.486 e. The zero-order chi connectivity index (χ0) is 21.6. The second-order valence-electron chi connectivity index (χ2n) is 9.20. The van der Waals surface area contributed by atoms with Crippen LogP contribution in [0.1, 0.15) is 33.3 Å². The van der Waals surface area contributed by atoms with Crippen molar-refractivity contribution >= 4 is 29.9 Å². The Morgan fingerprint density at radius 3 is 2.61 bits per heavy atom. The first-order chi connectivity index (χ1) is 14.4. The number of nitrogens with one attached hydrogen (secondary N) is 2. The summed E-state index contributed by atoms with van der Waals surface area (Å²) in [5, 5.41) is 6.90. The third kappa shape index (κ3) is 7.68. The van der Waals surface area contributed by atoms with E-state index in [9.17, 15) is 0 Å². The van der Waals surface area contributed by atoms with E-state index in [1.165, 1.54) is 5.56 Å². The number of nitrogens with zero attached hydrogens (tertiary/aromatic N) is 2. The van der Waals surface area contributed by atoms with Crippen LogP contribution in [0.3, 0.4) is 0 Å². The van der Waals surface area contributed by atoms with Crippen molar-refractivity contribution in [1.29, 1.82) is 0 Å². The summed E-state index contributed by atoms with van der Waals surface area (Å²) in [4.78, 5) is 6.88. The number of hydrogen-bond acceptors (Lipinski definition) is 5. The van der Waals surface area contributed by atoms with E-state index in [1.807, 2.05) is 6.07 Å². The van der Waals surface area contributed by atoms with E-state index >= 15 is 0 Å². The molecule has 0 aliphatic carbocycles. The van der Waals surface area contributed by atoms with Gasteiger partial charge in [0, 0.05) is 45.2 Å². The molecule has 0 saturated carbocycles. The van der Waals surface area contributed by atoms with Gasteiger partial charge in [0.05, 0.1) is 12.7 Å². The first-order valence-corrected chi connectivity index (χ1v) is 11.1. The molecule has 7 nitrogen and oxygen atoms in total.